The molecule has 1 N–H and O–H groups in total. The van der Waals surface area contributed by atoms with Gasteiger partial charge in [0, 0.05) is 12.6 Å². The third-order valence-corrected chi connectivity index (χ3v) is 5.43. The number of nitrogens with one attached hydrogen (secondary N) is 1. The Morgan fingerprint density at radius 2 is 2.04 bits per heavy atom. The van der Waals surface area contributed by atoms with E-state index in [9.17, 15) is 9.59 Å². The topological polar surface area (TPSA) is 93.3 Å². The maximum Gasteiger partial charge on any atom is 0.297 e. The van der Waals surface area contributed by atoms with Gasteiger partial charge in [-0.2, -0.15) is 5.10 Å². The van der Waals surface area contributed by atoms with Crippen LogP contribution in [0.25, 0.3) is 10.9 Å². The largest absolute Gasteiger partial charge is 0.360 e. The lowest BCUT2D eigenvalue weighted by atomic mass is 9.94. The van der Waals surface area contributed by atoms with Gasteiger partial charge in [0.2, 0.25) is 5.91 Å². The summed E-state index contributed by atoms with van der Waals surface area (Å²) in [7, 11) is 2.17. The quantitative estimate of drug-likeness (QED) is 0.742. The van der Waals surface area contributed by atoms with Crippen LogP contribution in [0.2, 0.25) is 0 Å². The minimum absolute atomic E-state index is 0.111. The predicted molar refractivity (Wildman–Crippen MR) is 103 cm³/mol. The van der Waals surface area contributed by atoms with Gasteiger partial charge in [-0.05, 0) is 46.7 Å². The summed E-state index contributed by atoms with van der Waals surface area (Å²) in [6.07, 6.45) is 7.45. The molecule has 1 fully saturated rings. The van der Waals surface area contributed by atoms with E-state index in [1.165, 1.54) is 32.1 Å². The highest BCUT2D eigenvalue weighted by Crippen LogP contribution is 2.21. The van der Waals surface area contributed by atoms with Crippen LogP contribution >= 0.6 is 0 Å². The van der Waals surface area contributed by atoms with Gasteiger partial charge in [-0.1, -0.05) is 24.4 Å². The molecule has 8 heteroatoms. The number of fused-ring (bicyclic) bond motifs is 1. The molecule has 0 unspecified atom stereocenters. The van der Waals surface area contributed by atoms with E-state index >= 15 is 0 Å². The minimum Gasteiger partial charge on any atom is -0.360 e. The molecule has 0 spiro atoms. The van der Waals surface area contributed by atoms with Crippen molar-refractivity contribution in [3.05, 3.63) is 21.8 Å². The van der Waals surface area contributed by atoms with Crippen molar-refractivity contribution in [2.45, 2.75) is 65.0 Å². The van der Waals surface area contributed by atoms with Crippen molar-refractivity contribution >= 4 is 16.8 Å². The van der Waals surface area contributed by atoms with Crippen molar-refractivity contribution in [1.29, 1.82) is 0 Å². The lowest BCUT2D eigenvalue weighted by Crippen LogP contribution is -2.37. The van der Waals surface area contributed by atoms with Crippen molar-refractivity contribution in [2.75, 3.05) is 20.1 Å². The number of nitrogens with zero attached hydrogens (tertiary/aromatic N) is 4. The smallest absolute Gasteiger partial charge is 0.297 e. The van der Waals surface area contributed by atoms with Crippen LogP contribution in [-0.2, 0) is 11.3 Å². The SMILES string of the molecule is Cc1nn(CC(=O)NCCCN(C)C2CCCCC2)c(=O)c2noc(C)c12. The highest BCUT2D eigenvalue weighted by atomic mass is 16.5. The first-order valence-electron chi connectivity index (χ1n) is 9.78. The van der Waals surface area contributed by atoms with Crippen LogP contribution < -0.4 is 10.9 Å². The number of carbonyl (C=O) groups is 1. The molecule has 2 heterocycles. The molecule has 0 radical (unpaired) electrons. The molecule has 1 amide bonds. The Labute approximate surface area is 158 Å². The van der Waals surface area contributed by atoms with Crippen molar-refractivity contribution in [3.8, 4) is 0 Å². The van der Waals surface area contributed by atoms with Crippen LogP contribution in [0.3, 0.4) is 0 Å². The van der Waals surface area contributed by atoms with E-state index < -0.39 is 5.56 Å². The predicted octanol–water partition coefficient (Wildman–Crippen LogP) is 1.77. The van der Waals surface area contributed by atoms with Crippen LogP contribution in [0.4, 0.5) is 0 Å². The third kappa shape index (κ3) is 4.55. The van der Waals surface area contributed by atoms with E-state index in [0.717, 1.165) is 17.6 Å². The average Bonchev–Trinajstić information content (AvgIpc) is 3.06. The van der Waals surface area contributed by atoms with Crippen LogP contribution in [0.5, 0.6) is 0 Å². The monoisotopic (exact) mass is 375 g/mol. The van der Waals surface area contributed by atoms with Crippen LogP contribution in [0.15, 0.2) is 9.32 Å². The molecule has 0 bridgehead atoms. The van der Waals surface area contributed by atoms with Gasteiger partial charge in [0.1, 0.15) is 12.3 Å². The fourth-order valence-electron chi connectivity index (χ4n) is 3.90. The van der Waals surface area contributed by atoms with Crippen molar-refractivity contribution in [3.63, 3.8) is 0 Å². The maximum atomic E-state index is 12.4. The van der Waals surface area contributed by atoms with Gasteiger partial charge in [0.05, 0.1) is 11.1 Å². The summed E-state index contributed by atoms with van der Waals surface area (Å²) in [5.74, 6) is 0.342. The van der Waals surface area contributed by atoms with E-state index in [1.54, 1.807) is 13.8 Å². The van der Waals surface area contributed by atoms with Gasteiger partial charge in [-0.3, -0.25) is 9.59 Å². The Hall–Kier alpha value is -2.22. The minimum atomic E-state index is -0.403. The Morgan fingerprint density at radius 1 is 1.30 bits per heavy atom. The van der Waals surface area contributed by atoms with Crippen molar-refractivity contribution < 1.29 is 9.32 Å². The number of aromatic nitrogens is 3. The lowest BCUT2D eigenvalue weighted by Gasteiger charge is -2.31. The summed E-state index contributed by atoms with van der Waals surface area (Å²) in [5.41, 5.74) is 0.451. The first-order valence-corrected chi connectivity index (χ1v) is 9.78. The number of amides is 1. The number of hydrogen-bond acceptors (Lipinski definition) is 6. The van der Waals surface area contributed by atoms with E-state index in [2.05, 4.69) is 27.5 Å². The van der Waals surface area contributed by atoms with Crippen molar-refractivity contribution in [1.82, 2.24) is 25.2 Å². The number of hydrogen-bond donors (Lipinski definition) is 1. The van der Waals surface area contributed by atoms with Gasteiger partial charge >= 0.3 is 0 Å². The molecule has 8 nitrogen and oxygen atoms in total. The van der Waals surface area contributed by atoms with E-state index in [4.69, 9.17) is 4.52 Å². The summed E-state index contributed by atoms with van der Waals surface area (Å²) < 4.78 is 6.24. The van der Waals surface area contributed by atoms with Crippen LogP contribution in [0, 0.1) is 13.8 Å². The molecule has 0 saturated heterocycles. The molecule has 2 aromatic heterocycles. The molecule has 3 rings (SSSR count). The fourth-order valence-corrected chi connectivity index (χ4v) is 3.90. The lowest BCUT2D eigenvalue weighted by molar-refractivity contribution is -0.121. The average molecular weight is 375 g/mol. The van der Waals surface area contributed by atoms with E-state index in [0.29, 0.717) is 29.4 Å². The zero-order valence-corrected chi connectivity index (χ0v) is 16.5. The summed E-state index contributed by atoms with van der Waals surface area (Å²) in [5, 5.41) is 11.5. The van der Waals surface area contributed by atoms with Crippen molar-refractivity contribution in [2.24, 2.45) is 0 Å². The highest BCUT2D eigenvalue weighted by Gasteiger charge is 2.18. The number of carbonyl (C=O) groups excluding carboxylic acids is 1. The molecule has 1 aliphatic rings. The third-order valence-electron chi connectivity index (χ3n) is 5.43. The number of rotatable bonds is 7. The molecular formula is C19H29N5O3. The van der Waals surface area contributed by atoms with Crippen LogP contribution in [-0.4, -0.2) is 51.9 Å². The molecule has 2 aromatic rings. The number of aryl methyl sites for hydroxylation is 2. The van der Waals surface area contributed by atoms with E-state index in [-0.39, 0.29) is 18.0 Å². The molecule has 148 valence electrons. The van der Waals surface area contributed by atoms with E-state index in [1.807, 2.05) is 0 Å². The molecule has 1 saturated carbocycles. The fraction of sp³-hybridized carbons (Fsp3) is 0.684. The normalized spacial score (nSPS) is 15.6. The summed E-state index contributed by atoms with van der Waals surface area (Å²) in [4.78, 5) is 27.0. The maximum absolute atomic E-state index is 12.4. The molecule has 0 atom stereocenters. The zero-order chi connectivity index (χ0) is 19.4. The molecule has 1 aliphatic carbocycles. The second-order valence-corrected chi connectivity index (χ2v) is 7.49. The Balaban J connectivity index is 1.49. The molecule has 0 aliphatic heterocycles. The molecular weight excluding hydrogens is 346 g/mol. The Kier molecular flexibility index (Phi) is 6.26. The van der Waals surface area contributed by atoms with Gasteiger partial charge in [-0.15, -0.1) is 0 Å². The summed E-state index contributed by atoms with van der Waals surface area (Å²) >= 11 is 0. The first-order chi connectivity index (χ1) is 13.0. The van der Waals surface area contributed by atoms with Crippen LogP contribution in [0.1, 0.15) is 50.0 Å². The summed E-state index contributed by atoms with van der Waals surface area (Å²) in [6, 6.07) is 0.679. The van der Waals surface area contributed by atoms with Gasteiger partial charge in [0.25, 0.3) is 5.56 Å². The zero-order valence-electron chi connectivity index (χ0n) is 16.5. The van der Waals surface area contributed by atoms with Gasteiger partial charge < -0.3 is 14.7 Å². The second-order valence-electron chi connectivity index (χ2n) is 7.49. The second kappa shape index (κ2) is 8.65. The summed E-state index contributed by atoms with van der Waals surface area (Å²) in [6.45, 7) is 4.97. The Bertz CT molecular complexity index is 851. The highest BCUT2D eigenvalue weighted by molar-refractivity contribution is 5.82. The standard InChI is InChI=1S/C19H29N5O3/c1-13-17-14(2)27-22-18(17)19(26)24(21-13)12-16(25)20-10-7-11-23(3)15-8-5-4-6-9-15/h15H,4-12H2,1-3H3,(H,20,25). The molecule has 27 heavy (non-hydrogen) atoms. The Morgan fingerprint density at radius 3 is 2.78 bits per heavy atom. The van der Waals surface area contributed by atoms with Gasteiger partial charge in [-0.25, -0.2) is 4.68 Å². The first kappa shape index (κ1) is 19.5. The van der Waals surface area contributed by atoms with Gasteiger partial charge in [0.15, 0.2) is 5.52 Å². The molecule has 0 aromatic carbocycles.